The molecule has 2 amide bonds. The van der Waals surface area contributed by atoms with Crippen molar-refractivity contribution < 1.29 is 23.5 Å². The maximum atomic E-state index is 12.7. The van der Waals surface area contributed by atoms with Crippen LogP contribution in [0, 0.1) is 5.92 Å². The SMILES string of the molecule is CC(C)(C)OC(=O)N1CCN(CCOc2cccc3c(=O)cc(C(=O)NCC4CCCCC4)oc23)CC1. The highest BCUT2D eigenvalue weighted by Crippen LogP contribution is 2.25. The number of para-hydroxylation sites is 1. The van der Waals surface area contributed by atoms with Crippen molar-refractivity contribution in [2.24, 2.45) is 5.92 Å². The fraction of sp³-hybridized carbons (Fsp3) is 0.607. The van der Waals surface area contributed by atoms with E-state index in [1.54, 1.807) is 23.1 Å². The third kappa shape index (κ3) is 7.47. The second-order valence-corrected chi connectivity index (χ2v) is 11.0. The van der Waals surface area contributed by atoms with Crippen molar-refractivity contribution in [1.29, 1.82) is 0 Å². The molecule has 2 aliphatic rings. The number of hydrogen-bond donors (Lipinski definition) is 1. The van der Waals surface area contributed by atoms with E-state index in [9.17, 15) is 14.4 Å². The lowest BCUT2D eigenvalue weighted by Gasteiger charge is -2.35. The Balaban J connectivity index is 1.32. The Morgan fingerprint density at radius 1 is 1.08 bits per heavy atom. The topological polar surface area (TPSA) is 101 Å². The van der Waals surface area contributed by atoms with E-state index in [2.05, 4.69) is 10.2 Å². The number of piperazine rings is 1. The maximum absolute atomic E-state index is 12.7. The van der Waals surface area contributed by atoms with Crippen LogP contribution in [0.25, 0.3) is 11.0 Å². The molecule has 2 fully saturated rings. The molecule has 0 unspecified atom stereocenters. The molecule has 4 rings (SSSR count). The maximum Gasteiger partial charge on any atom is 0.410 e. The third-order valence-electron chi connectivity index (χ3n) is 6.91. The molecule has 0 atom stereocenters. The Kier molecular flexibility index (Phi) is 8.74. The summed E-state index contributed by atoms with van der Waals surface area (Å²) >= 11 is 0. The van der Waals surface area contributed by atoms with Crippen molar-refractivity contribution in [2.45, 2.75) is 58.5 Å². The van der Waals surface area contributed by atoms with E-state index in [-0.39, 0.29) is 28.8 Å². The largest absolute Gasteiger partial charge is 0.488 e. The van der Waals surface area contributed by atoms with Crippen molar-refractivity contribution >= 4 is 23.0 Å². The van der Waals surface area contributed by atoms with E-state index in [0.717, 1.165) is 25.9 Å². The molecule has 1 N–H and O–H groups in total. The van der Waals surface area contributed by atoms with Crippen LogP contribution >= 0.6 is 0 Å². The number of fused-ring (bicyclic) bond motifs is 1. The van der Waals surface area contributed by atoms with Gasteiger partial charge in [0.25, 0.3) is 5.91 Å². The summed E-state index contributed by atoms with van der Waals surface area (Å²) in [5.41, 5.74) is -0.494. The monoisotopic (exact) mass is 513 g/mol. The molecule has 1 aromatic carbocycles. The van der Waals surface area contributed by atoms with Crippen LogP contribution in [0.2, 0.25) is 0 Å². The van der Waals surface area contributed by atoms with Crippen molar-refractivity contribution in [3.05, 3.63) is 40.2 Å². The second kappa shape index (κ2) is 12.0. The molecule has 0 radical (unpaired) electrons. The molecule has 2 heterocycles. The second-order valence-electron chi connectivity index (χ2n) is 11.0. The molecular weight excluding hydrogens is 474 g/mol. The number of rotatable bonds is 7. The molecule has 1 saturated carbocycles. The molecule has 9 nitrogen and oxygen atoms in total. The van der Waals surface area contributed by atoms with E-state index in [4.69, 9.17) is 13.9 Å². The van der Waals surface area contributed by atoms with Gasteiger partial charge in [0.15, 0.2) is 22.5 Å². The Hall–Kier alpha value is -3.07. The van der Waals surface area contributed by atoms with Gasteiger partial charge >= 0.3 is 6.09 Å². The molecular formula is C28H39N3O6. The first-order valence-corrected chi connectivity index (χ1v) is 13.4. The zero-order valence-corrected chi connectivity index (χ0v) is 22.2. The Labute approximate surface area is 218 Å². The standard InChI is InChI=1S/C28H39N3O6/c1-28(2,3)37-27(34)31-14-12-30(13-15-31)16-17-35-23-11-7-10-21-22(32)18-24(36-25(21)23)26(33)29-19-20-8-5-4-6-9-20/h7,10-11,18,20H,4-6,8-9,12-17,19H2,1-3H3,(H,29,33). The molecule has 202 valence electrons. The van der Waals surface area contributed by atoms with E-state index in [1.165, 1.54) is 25.3 Å². The zero-order chi connectivity index (χ0) is 26.4. The molecule has 1 saturated heterocycles. The van der Waals surface area contributed by atoms with Crippen molar-refractivity contribution in [1.82, 2.24) is 15.1 Å². The molecule has 37 heavy (non-hydrogen) atoms. The summed E-state index contributed by atoms with van der Waals surface area (Å²) in [5.74, 6) is 0.545. The molecule has 9 heteroatoms. The lowest BCUT2D eigenvalue weighted by atomic mass is 9.89. The van der Waals surface area contributed by atoms with Gasteiger partial charge in [-0.2, -0.15) is 0 Å². The fourth-order valence-corrected chi connectivity index (χ4v) is 4.86. The number of ether oxygens (including phenoxy) is 2. The van der Waals surface area contributed by atoms with Gasteiger partial charge in [0.2, 0.25) is 0 Å². The van der Waals surface area contributed by atoms with Crippen molar-refractivity contribution in [3.63, 3.8) is 0 Å². The van der Waals surface area contributed by atoms with Crippen LogP contribution in [0.5, 0.6) is 5.75 Å². The van der Waals surface area contributed by atoms with Crippen LogP contribution in [-0.2, 0) is 4.74 Å². The predicted molar refractivity (Wildman–Crippen MR) is 141 cm³/mol. The molecule has 1 aliphatic carbocycles. The van der Waals surface area contributed by atoms with E-state index < -0.39 is 5.60 Å². The molecule has 0 bridgehead atoms. The predicted octanol–water partition coefficient (Wildman–Crippen LogP) is 4.03. The summed E-state index contributed by atoms with van der Waals surface area (Å²) in [7, 11) is 0. The first-order chi connectivity index (χ1) is 17.7. The highest BCUT2D eigenvalue weighted by molar-refractivity contribution is 5.93. The average molecular weight is 514 g/mol. The van der Waals surface area contributed by atoms with Crippen LogP contribution in [0.15, 0.2) is 33.5 Å². The summed E-state index contributed by atoms with van der Waals surface area (Å²) in [4.78, 5) is 41.7. The number of nitrogens with zero attached hydrogens (tertiary/aromatic N) is 2. The molecule has 2 aromatic rings. The Morgan fingerprint density at radius 2 is 1.81 bits per heavy atom. The average Bonchev–Trinajstić information content (AvgIpc) is 2.87. The third-order valence-corrected chi connectivity index (χ3v) is 6.91. The van der Waals surface area contributed by atoms with Crippen LogP contribution in [-0.4, -0.2) is 73.3 Å². The number of nitrogens with one attached hydrogen (secondary N) is 1. The first kappa shape index (κ1) is 27.0. The van der Waals surface area contributed by atoms with Gasteiger partial charge in [0, 0.05) is 45.3 Å². The summed E-state index contributed by atoms with van der Waals surface area (Å²) in [5, 5.41) is 3.32. The molecule has 1 aliphatic heterocycles. The summed E-state index contributed by atoms with van der Waals surface area (Å²) < 4.78 is 17.3. The van der Waals surface area contributed by atoms with Crippen molar-refractivity contribution in [3.8, 4) is 5.75 Å². The minimum Gasteiger partial charge on any atom is -0.488 e. The number of carbonyl (C=O) groups is 2. The van der Waals surface area contributed by atoms with Gasteiger partial charge in [-0.25, -0.2) is 4.79 Å². The summed E-state index contributed by atoms with van der Waals surface area (Å²) in [6, 6.07) is 6.42. The smallest absolute Gasteiger partial charge is 0.410 e. The van der Waals surface area contributed by atoms with Crippen LogP contribution in [0.1, 0.15) is 63.4 Å². The van der Waals surface area contributed by atoms with Crippen LogP contribution in [0.3, 0.4) is 0 Å². The van der Waals surface area contributed by atoms with Gasteiger partial charge in [-0.3, -0.25) is 14.5 Å². The summed E-state index contributed by atoms with van der Waals surface area (Å²) in [6.07, 6.45) is 5.62. The Morgan fingerprint density at radius 3 is 2.51 bits per heavy atom. The van der Waals surface area contributed by atoms with Gasteiger partial charge in [-0.15, -0.1) is 0 Å². The first-order valence-electron chi connectivity index (χ1n) is 13.4. The number of amides is 2. The van der Waals surface area contributed by atoms with E-state index in [1.807, 2.05) is 20.8 Å². The molecule has 0 spiro atoms. The lowest BCUT2D eigenvalue weighted by Crippen LogP contribution is -2.50. The normalized spacial score (nSPS) is 17.5. The number of hydrogen-bond acceptors (Lipinski definition) is 7. The van der Waals surface area contributed by atoms with E-state index >= 15 is 0 Å². The highest BCUT2D eigenvalue weighted by Gasteiger charge is 2.26. The Bertz CT molecular complexity index is 1140. The minimum absolute atomic E-state index is 0.00243. The lowest BCUT2D eigenvalue weighted by molar-refractivity contribution is 0.0137. The zero-order valence-electron chi connectivity index (χ0n) is 22.2. The number of carbonyl (C=O) groups excluding carboxylic acids is 2. The van der Waals surface area contributed by atoms with Crippen LogP contribution in [0.4, 0.5) is 4.79 Å². The quantitative estimate of drug-likeness (QED) is 0.596. The summed E-state index contributed by atoms with van der Waals surface area (Å²) in [6.45, 7) is 9.85. The van der Waals surface area contributed by atoms with E-state index in [0.29, 0.717) is 49.8 Å². The molecule has 1 aromatic heterocycles. The minimum atomic E-state index is -0.508. The number of benzene rings is 1. The fourth-order valence-electron chi connectivity index (χ4n) is 4.86. The van der Waals surface area contributed by atoms with Gasteiger partial charge < -0.3 is 24.1 Å². The highest BCUT2D eigenvalue weighted by atomic mass is 16.6. The van der Waals surface area contributed by atoms with Gasteiger partial charge in [-0.05, 0) is 51.7 Å². The van der Waals surface area contributed by atoms with Crippen molar-refractivity contribution in [2.75, 3.05) is 45.9 Å². The van der Waals surface area contributed by atoms with Crippen LogP contribution < -0.4 is 15.5 Å². The van der Waals surface area contributed by atoms with Gasteiger partial charge in [-0.1, -0.05) is 25.3 Å². The van der Waals surface area contributed by atoms with Gasteiger partial charge in [0.05, 0.1) is 5.39 Å². The van der Waals surface area contributed by atoms with Gasteiger partial charge in [0.1, 0.15) is 12.2 Å².